The summed E-state index contributed by atoms with van der Waals surface area (Å²) in [6.45, 7) is 2.05. The maximum atomic E-state index is 10.9. The first-order chi connectivity index (χ1) is 15.1. The molecule has 4 aromatic rings. The summed E-state index contributed by atoms with van der Waals surface area (Å²) in [6.07, 6.45) is 0. The highest BCUT2D eigenvalue weighted by Gasteiger charge is 2.18. The monoisotopic (exact) mass is 432 g/mol. The Balaban J connectivity index is 1.69. The number of nitro benzene ring substituents is 1. The van der Waals surface area contributed by atoms with Crippen molar-refractivity contribution in [3.05, 3.63) is 94.0 Å². The average Bonchev–Trinajstić information content (AvgIpc) is 3.22. The van der Waals surface area contributed by atoms with Gasteiger partial charge in [-0.15, -0.1) is 10.2 Å². The molecule has 0 aliphatic heterocycles. The minimum atomic E-state index is -0.396. The molecule has 7 nitrogen and oxygen atoms in total. The molecular weight excluding hydrogens is 412 g/mol. The van der Waals surface area contributed by atoms with Crippen molar-refractivity contribution in [2.45, 2.75) is 17.8 Å². The Labute approximate surface area is 183 Å². The van der Waals surface area contributed by atoms with Gasteiger partial charge in [0.05, 0.1) is 17.7 Å². The maximum absolute atomic E-state index is 10.9. The van der Waals surface area contributed by atoms with Crippen LogP contribution in [0, 0.1) is 17.0 Å². The standard InChI is InChI=1S/C23H20N4O3S/c1-16-5-3-4-6-21(16)26-22(18-9-13-20(30-2)14-10-18)24-25-23(26)31-15-17-7-11-19(12-8-17)27(28)29/h3-14H,15H2,1-2H3. The maximum Gasteiger partial charge on any atom is 0.269 e. The number of aryl methyl sites for hydroxylation is 1. The zero-order chi connectivity index (χ0) is 21.8. The van der Waals surface area contributed by atoms with Crippen LogP contribution >= 0.6 is 11.8 Å². The van der Waals surface area contributed by atoms with Gasteiger partial charge >= 0.3 is 0 Å². The van der Waals surface area contributed by atoms with Crippen molar-refractivity contribution in [2.75, 3.05) is 7.11 Å². The molecule has 0 N–H and O–H groups in total. The predicted molar refractivity (Wildman–Crippen MR) is 121 cm³/mol. The number of non-ortho nitro benzene ring substituents is 1. The summed E-state index contributed by atoms with van der Waals surface area (Å²) < 4.78 is 7.31. The van der Waals surface area contributed by atoms with E-state index in [-0.39, 0.29) is 5.69 Å². The van der Waals surface area contributed by atoms with E-state index in [0.717, 1.165) is 39.1 Å². The van der Waals surface area contributed by atoms with Gasteiger partial charge in [0.15, 0.2) is 11.0 Å². The topological polar surface area (TPSA) is 83.1 Å². The van der Waals surface area contributed by atoms with E-state index in [9.17, 15) is 10.1 Å². The molecule has 0 radical (unpaired) electrons. The van der Waals surface area contributed by atoms with E-state index in [1.807, 2.05) is 47.0 Å². The molecule has 0 aliphatic carbocycles. The molecule has 3 aromatic carbocycles. The molecule has 0 unspecified atom stereocenters. The minimum absolute atomic E-state index is 0.0821. The van der Waals surface area contributed by atoms with E-state index in [0.29, 0.717) is 5.75 Å². The van der Waals surface area contributed by atoms with Gasteiger partial charge in [0.1, 0.15) is 5.75 Å². The fraction of sp³-hybridized carbons (Fsp3) is 0.130. The van der Waals surface area contributed by atoms with Crippen molar-refractivity contribution in [3.8, 4) is 22.8 Å². The van der Waals surface area contributed by atoms with Crippen LogP contribution in [0.25, 0.3) is 17.1 Å². The number of thioether (sulfide) groups is 1. The molecule has 4 rings (SSSR count). The number of methoxy groups -OCH3 is 1. The van der Waals surface area contributed by atoms with Gasteiger partial charge in [0, 0.05) is 23.4 Å². The van der Waals surface area contributed by atoms with Crippen LogP contribution in [0.5, 0.6) is 5.75 Å². The summed E-state index contributed by atoms with van der Waals surface area (Å²) in [7, 11) is 1.64. The Kier molecular flexibility index (Phi) is 5.99. The first-order valence-corrected chi connectivity index (χ1v) is 10.6. The lowest BCUT2D eigenvalue weighted by molar-refractivity contribution is -0.384. The van der Waals surface area contributed by atoms with Crippen LogP contribution in [0.15, 0.2) is 78.0 Å². The third kappa shape index (κ3) is 4.44. The van der Waals surface area contributed by atoms with E-state index in [1.165, 1.54) is 23.9 Å². The molecule has 0 saturated carbocycles. The zero-order valence-corrected chi connectivity index (χ0v) is 17.9. The second-order valence-corrected chi connectivity index (χ2v) is 7.81. The lowest BCUT2D eigenvalue weighted by Crippen LogP contribution is -2.02. The van der Waals surface area contributed by atoms with Gasteiger partial charge in [0.25, 0.3) is 5.69 Å². The SMILES string of the molecule is COc1ccc(-c2nnc(SCc3ccc([N+](=O)[O-])cc3)n2-c2ccccc2C)cc1. The lowest BCUT2D eigenvalue weighted by atomic mass is 10.1. The van der Waals surface area contributed by atoms with Crippen molar-refractivity contribution in [3.63, 3.8) is 0 Å². The molecule has 0 fully saturated rings. The number of hydrogen-bond acceptors (Lipinski definition) is 6. The van der Waals surface area contributed by atoms with Crippen molar-refractivity contribution in [1.82, 2.24) is 14.8 Å². The molecule has 0 atom stereocenters. The Morgan fingerprint density at radius 3 is 2.35 bits per heavy atom. The van der Waals surface area contributed by atoms with Crippen LogP contribution in [0.2, 0.25) is 0 Å². The highest BCUT2D eigenvalue weighted by molar-refractivity contribution is 7.98. The summed E-state index contributed by atoms with van der Waals surface area (Å²) >= 11 is 1.54. The van der Waals surface area contributed by atoms with Gasteiger partial charge in [0.2, 0.25) is 0 Å². The van der Waals surface area contributed by atoms with E-state index in [1.54, 1.807) is 19.2 Å². The van der Waals surface area contributed by atoms with Crippen LogP contribution in [0.4, 0.5) is 5.69 Å². The fourth-order valence-corrected chi connectivity index (χ4v) is 4.08. The number of aromatic nitrogens is 3. The molecule has 0 spiro atoms. The second kappa shape index (κ2) is 9.01. The largest absolute Gasteiger partial charge is 0.497 e. The van der Waals surface area contributed by atoms with Gasteiger partial charge in [-0.25, -0.2) is 0 Å². The molecule has 0 saturated heterocycles. The van der Waals surface area contributed by atoms with E-state index in [4.69, 9.17) is 4.74 Å². The highest BCUT2D eigenvalue weighted by Crippen LogP contribution is 2.32. The highest BCUT2D eigenvalue weighted by atomic mass is 32.2. The summed E-state index contributed by atoms with van der Waals surface area (Å²) in [5.74, 6) is 2.13. The molecule has 8 heteroatoms. The number of nitrogens with zero attached hydrogens (tertiary/aromatic N) is 4. The van der Waals surface area contributed by atoms with Crippen LogP contribution in [0.1, 0.15) is 11.1 Å². The Morgan fingerprint density at radius 2 is 1.71 bits per heavy atom. The number of rotatable bonds is 7. The van der Waals surface area contributed by atoms with Gasteiger partial charge in [-0.05, 0) is 48.4 Å². The average molecular weight is 433 g/mol. The molecule has 31 heavy (non-hydrogen) atoms. The molecule has 156 valence electrons. The predicted octanol–water partition coefficient (Wildman–Crippen LogP) is 5.45. The van der Waals surface area contributed by atoms with Gasteiger partial charge in [-0.1, -0.05) is 42.1 Å². The first kappa shape index (κ1) is 20.6. The number of ether oxygens (including phenoxy) is 1. The third-order valence-electron chi connectivity index (χ3n) is 4.85. The van der Waals surface area contributed by atoms with Crippen molar-refractivity contribution >= 4 is 17.4 Å². The quantitative estimate of drug-likeness (QED) is 0.219. The van der Waals surface area contributed by atoms with Crippen molar-refractivity contribution < 1.29 is 9.66 Å². The smallest absolute Gasteiger partial charge is 0.269 e. The molecular formula is C23H20N4O3S. The minimum Gasteiger partial charge on any atom is -0.497 e. The van der Waals surface area contributed by atoms with Crippen LogP contribution < -0.4 is 4.74 Å². The lowest BCUT2D eigenvalue weighted by Gasteiger charge is -2.13. The molecule has 0 bridgehead atoms. The first-order valence-electron chi connectivity index (χ1n) is 9.59. The number of hydrogen-bond donors (Lipinski definition) is 0. The van der Waals surface area contributed by atoms with Crippen LogP contribution in [-0.4, -0.2) is 26.8 Å². The van der Waals surface area contributed by atoms with E-state index in [2.05, 4.69) is 23.2 Å². The van der Waals surface area contributed by atoms with Gasteiger partial charge in [-0.2, -0.15) is 0 Å². The number of para-hydroxylation sites is 1. The third-order valence-corrected chi connectivity index (χ3v) is 5.85. The van der Waals surface area contributed by atoms with E-state index < -0.39 is 4.92 Å². The number of nitro groups is 1. The normalized spacial score (nSPS) is 10.8. The van der Waals surface area contributed by atoms with Crippen molar-refractivity contribution in [2.24, 2.45) is 0 Å². The van der Waals surface area contributed by atoms with Crippen molar-refractivity contribution in [1.29, 1.82) is 0 Å². The van der Waals surface area contributed by atoms with Gasteiger partial charge < -0.3 is 4.74 Å². The van der Waals surface area contributed by atoms with Crippen LogP contribution in [-0.2, 0) is 5.75 Å². The fourth-order valence-electron chi connectivity index (χ4n) is 3.18. The Morgan fingerprint density at radius 1 is 1.00 bits per heavy atom. The molecule has 1 aromatic heterocycles. The molecule has 0 amide bonds. The molecule has 0 aliphatic rings. The van der Waals surface area contributed by atoms with Gasteiger partial charge in [-0.3, -0.25) is 14.7 Å². The van der Waals surface area contributed by atoms with E-state index >= 15 is 0 Å². The molecule has 1 heterocycles. The summed E-state index contributed by atoms with van der Waals surface area (Å²) in [4.78, 5) is 10.5. The summed E-state index contributed by atoms with van der Waals surface area (Å²) in [5, 5.41) is 20.5. The second-order valence-electron chi connectivity index (χ2n) is 6.87. The zero-order valence-electron chi connectivity index (χ0n) is 17.1. The Hall–Kier alpha value is -3.65. The summed E-state index contributed by atoms with van der Waals surface area (Å²) in [5.41, 5.74) is 4.09. The van der Waals surface area contributed by atoms with Crippen LogP contribution in [0.3, 0.4) is 0 Å². The number of benzene rings is 3. The Bertz CT molecular complexity index is 1200. The summed E-state index contributed by atoms with van der Waals surface area (Å²) in [6, 6.07) is 22.4.